The van der Waals surface area contributed by atoms with Crippen molar-refractivity contribution in [2.75, 3.05) is 13.2 Å². The van der Waals surface area contributed by atoms with Gasteiger partial charge in [-0.15, -0.1) is 0 Å². The summed E-state index contributed by atoms with van der Waals surface area (Å²) in [5.74, 6) is 9.00. The summed E-state index contributed by atoms with van der Waals surface area (Å²) in [6.07, 6.45) is 5.63. The Morgan fingerprint density at radius 3 is 1.59 bits per heavy atom. The van der Waals surface area contributed by atoms with Gasteiger partial charge in [0.1, 0.15) is 0 Å². The molecule has 162 valence electrons. The van der Waals surface area contributed by atoms with Crippen molar-refractivity contribution < 1.29 is 15.7 Å². The SMILES string of the molecule is CC1C2CC(CO)C(C2)C1C.CC1C2CC(CO[Si](C)(C)C)C(C2)C1C.F.[3HH]. The Labute approximate surface area is 169 Å². The third-order valence-corrected chi connectivity index (χ3v) is 10.1. The van der Waals surface area contributed by atoms with E-state index in [2.05, 4.69) is 47.3 Å². The van der Waals surface area contributed by atoms with Gasteiger partial charge in [0, 0.05) is 14.6 Å². The lowest BCUT2D eigenvalue weighted by Gasteiger charge is -2.33. The number of hydrogen-bond donors (Lipinski definition) is 1. The van der Waals surface area contributed by atoms with E-state index in [9.17, 15) is 0 Å². The van der Waals surface area contributed by atoms with Crippen LogP contribution in [0.4, 0.5) is 4.70 Å². The van der Waals surface area contributed by atoms with E-state index in [0.29, 0.717) is 12.5 Å². The molecule has 0 aliphatic heterocycles. The van der Waals surface area contributed by atoms with E-state index < -0.39 is 8.32 Å². The Hall–Kier alpha value is 0.0669. The van der Waals surface area contributed by atoms with E-state index in [4.69, 9.17) is 9.53 Å². The van der Waals surface area contributed by atoms with Gasteiger partial charge in [0.05, 0.1) is 0 Å². The van der Waals surface area contributed by atoms with Crippen LogP contribution in [0.5, 0.6) is 0 Å². The summed E-state index contributed by atoms with van der Waals surface area (Å²) in [7, 11) is -1.29. The van der Waals surface area contributed by atoms with Crippen LogP contribution >= 0.6 is 0 Å². The Balaban J connectivity index is 0.000000271. The lowest BCUT2D eigenvalue weighted by Crippen LogP contribution is -2.33. The Kier molecular flexibility index (Phi) is 7.64. The minimum atomic E-state index is -1.29. The second-order valence-electron chi connectivity index (χ2n) is 11.4. The zero-order valence-electron chi connectivity index (χ0n) is 18.8. The van der Waals surface area contributed by atoms with Crippen molar-refractivity contribution in [2.45, 2.75) is 73.0 Å². The molecule has 0 aromatic rings. The number of aliphatic hydroxyl groups is 1. The van der Waals surface area contributed by atoms with Gasteiger partial charge in [-0.1, -0.05) is 27.7 Å². The third kappa shape index (κ3) is 4.80. The Morgan fingerprint density at radius 1 is 0.778 bits per heavy atom. The molecule has 4 aliphatic carbocycles. The van der Waals surface area contributed by atoms with Gasteiger partial charge in [-0.3, -0.25) is 4.70 Å². The molecule has 4 heteroatoms. The van der Waals surface area contributed by atoms with Gasteiger partial charge in [0.2, 0.25) is 0 Å². The van der Waals surface area contributed by atoms with Gasteiger partial charge in [-0.2, -0.15) is 0 Å². The molecule has 0 amide bonds. The highest BCUT2D eigenvalue weighted by molar-refractivity contribution is 6.69. The lowest BCUT2D eigenvalue weighted by atomic mass is 9.76. The second-order valence-corrected chi connectivity index (χ2v) is 15.9. The van der Waals surface area contributed by atoms with Crippen LogP contribution in [0.3, 0.4) is 0 Å². The molecule has 0 aromatic heterocycles. The molecule has 0 saturated heterocycles. The fourth-order valence-corrected chi connectivity index (χ4v) is 7.66. The summed E-state index contributed by atoms with van der Waals surface area (Å²) in [4.78, 5) is 0. The molecule has 4 fully saturated rings. The van der Waals surface area contributed by atoms with Crippen molar-refractivity contribution >= 4 is 8.32 Å². The molecule has 10 unspecified atom stereocenters. The third-order valence-electron chi connectivity index (χ3n) is 9.03. The first-order valence-electron chi connectivity index (χ1n) is 11.4. The van der Waals surface area contributed by atoms with E-state index >= 15 is 0 Å². The number of halogens is 1. The van der Waals surface area contributed by atoms with Crippen molar-refractivity contribution in [3.8, 4) is 0 Å². The second kappa shape index (κ2) is 8.83. The largest absolute Gasteiger partial charge is 0.417 e. The molecular formula is C23H47FO2Si. The maximum Gasteiger partial charge on any atom is 0.183 e. The number of hydrogen-bond acceptors (Lipinski definition) is 2. The molecule has 4 rings (SSSR count). The molecule has 4 bridgehead atoms. The first-order valence-corrected chi connectivity index (χ1v) is 14.8. The molecule has 1 N–H and O–H groups in total. The van der Waals surface area contributed by atoms with Crippen molar-refractivity contribution in [2.24, 2.45) is 59.2 Å². The van der Waals surface area contributed by atoms with E-state index in [0.717, 1.165) is 59.9 Å². The number of rotatable bonds is 4. The summed E-state index contributed by atoms with van der Waals surface area (Å²) in [5.41, 5.74) is 0. The van der Waals surface area contributed by atoms with Crippen LogP contribution in [0.2, 0.25) is 19.6 Å². The zero-order chi connectivity index (χ0) is 19.2. The molecule has 0 radical (unpaired) electrons. The van der Waals surface area contributed by atoms with Gasteiger partial charge in [-0.05, 0) is 105 Å². The van der Waals surface area contributed by atoms with Gasteiger partial charge < -0.3 is 9.53 Å². The van der Waals surface area contributed by atoms with E-state index in [1.54, 1.807) is 0 Å². The van der Waals surface area contributed by atoms with Gasteiger partial charge in [-0.25, -0.2) is 0 Å². The molecule has 10 atom stereocenters. The van der Waals surface area contributed by atoms with E-state index in [1.807, 2.05) is 0 Å². The van der Waals surface area contributed by atoms with Crippen LogP contribution < -0.4 is 0 Å². The molecular weight excluding hydrogens is 355 g/mol. The van der Waals surface area contributed by atoms with Crippen molar-refractivity contribution in [3.05, 3.63) is 0 Å². The maximum absolute atomic E-state index is 9.09. The monoisotopic (exact) mass is 404 g/mol. The Bertz CT molecular complexity index is 478. The van der Waals surface area contributed by atoms with E-state index in [1.165, 1.54) is 25.7 Å². The van der Waals surface area contributed by atoms with Gasteiger partial charge in [0.25, 0.3) is 0 Å². The fourth-order valence-electron chi connectivity index (χ4n) is 6.95. The van der Waals surface area contributed by atoms with Crippen molar-refractivity contribution in [3.63, 3.8) is 0 Å². The summed E-state index contributed by atoms with van der Waals surface area (Å²) < 4.78 is 6.09. The van der Waals surface area contributed by atoms with Crippen molar-refractivity contribution in [1.29, 1.82) is 0 Å². The smallest absolute Gasteiger partial charge is 0.183 e. The first kappa shape index (κ1) is 23.3. The average molecular weight is 405 g/mol. The topological polar surface area (TPSA) is 29.5 Å². The highest BCUT2D eigenvalue weighted by Crippen LogP contribution is 2.55. The van der Waals surface area contributed by atoms with Crippen molar-refractivity contribution in [1.82, 2.24) is 0 Å². The molecule has 0 spiro atoms. The number of aliphatic hydroxyl groups excluding tert-OH is 1. The molecule has 27 heavy (non-hydrogen) atoms. The molecule has 0 heterocycles. The average Bonchev–Trinajstić information content (AvgIpc) is 3.31. The molecule has 4 saturated carbocycles. The Morgan fingerprint density at radius 2 is 1.22 bits per heavy atom. The molecule has 0 aromatic carbocycles. The molecule has 4 aliphatic rings. The van der Waals surface area contributed by atoms with E-state index in [-0.39, 0.29) is 6.13 Å². The van der Waals surface area contributed by atoms with Crippen LogP contribution in [0, 0.1) is 59.2 Å². The summed E-state index contributed by atoms with van der Waals surface area (Å²) in [5, 5.41) is 9.09. The number of fused-ring (bicyclic) bond motifs is 4. The predicted molar refractivity (Wildman–Crippen MR) is 117 cm³/mol. The minimum Gasteiger partial charge on any atom is -0.417 e. The van der Waals surface area contributed by atoms with Gasteiger partial charge >= 0.3 is 0 Å². The molecule has 2 nitrogen and oxygen atoms in total. The summed E-state index contributed by atoms with van der Waals surface area (Å²) in [6.45, 7) is 18.0. The van der Waals surface area contributed by atoms with Gasteiger partial charge in [0.15, 0.2) is 8.32 Å². The normalized spacial score (nSPS) is 47.6. The summed E-state index contributed by atoms with van der Waals surface area (Å²) >= 11 is 0. The lowest BCUT2D eigenvalue weighted by molar-refractivity contribution is 0.121. The summed E-state index contributed by atoms with van der Waals surface area (Å²) in [6, 6.07) is 0. The standard InChI is InChI=1S/C13H26OSi.C10H18O.FH.H2/c1-9-10(2)13-7-11(9)6-12(13)8-14-15(3,4)5;1-6-7(2)10-4-8(6)3-9(10)5-11;;/h9-13H,6-8H2,1-5H3;6-11H,3-5H2,1-2H3;2*1H/i;;;1+2. The van der Waals surface area contributed by atoms with Crippen LogP contribution in [-0.2, 0) is 4.43 Å². The van der Waals surface area contributed by atoms with Crippen LogP contribution in [0.15, 0.2) is 0 Å². The van der Waals surface area contributed by atoms with Crippen LogP contribution in [0.25, 0.3) is 0 Å². The van der Waals surface area contributed by atoms with Crippen LogP contribution in [-0.4, -0.2) is 26.6 Å². The highest BCUT2D eigenvalue weighted by atomic mass is 28.4. The fraction of sp³-hybridized carbons (Fsp3) is 1.00. The first-order chi connectivity index (χ1) is 12.1. The zero-order valence-corrected chi connectivity index (χ0v) is 19.8. The van der Waals surface area contributed by atoms with Crippen LogP contribution in [0.1, 0.15) is 54.8 Å². The minimum absolute atomic E-state index is 0. The predicted octanol–water partition coefficient (Wildman–Crippen LogP) is 6.07. The quantitative estimate of drug-likeness (QED) is 0.576. The maximum atomic E-state index is 9.09. The highest BCUT2D eigenvalue weighted by Gasteiger charge is 2.49.